The van der Waals surface area contributed by atoms with Gasteiger partial charge in [-0.1, -0.05) is 29.8 Å². The lowest BCUT2D eigenvalue weighted by molar-refractivity contribution is 0.0924. The lowest BCUT2D eigenvalue weighted by Crippen LogP contribution is -2.32. The van der Waals surface area contributed by atoms with Crippen LogP contribution in [-0.2, 0) is 0 Å². The number of carbonyl (C=O) groups excluding carboxylic acids is 1. The lowest BCUT2D eigenvalue weighted by atomic mass is 10.00. The fourth-order valence-electron chi connectivity index (χ4n) is 2.89. The molecule has 1 N–H and O–H groups in total. The van der Waals surface area contributed by atoms with Gasteiger partial charge in [0, 0.05) is 17.0 Å². The van der Waals surface area contributed by atoms with E-state index in [0.29, 0.717) is 29.3 Å². The van der Waals surface area contributed by atoms with Crippen LogP contribution in [0.4, 0.5) is 0 Å². The van der Waals surface area contributed by atoms with Crippen LogP contribution in [0, 0.1) is 0 Å². The Kier molecular flexibility index (Phi) is 4.07. The predicted octanol–water partition coefficient (Wildman–Crippen LogP) is 2.57. The van der Waals surface area contributed by atoms with Crippen molar-refractivity contribution in [2.24, 2.45) is 0 Å². The van der Waals surface area contributed by atoms with Gasteiger partial charge in [0.15, 0.2) is 0 Å². The number of nitrogens with zero attached hydrogens (tertiary/aromatic N) is 4. The van der Waals surface area contributed by atoms with Crippen molar-refractivity contribution in [2.45, 2.75) is 12.5 Å². The number of hydrogen-bond donors (Lipinski definition) is 1. The van der Waals surface area contributed by atoms with Gasteiger partial charge in [-0.05, 0) is 34.7 Å². The van der Waals surface area contributed by atoms with Crippen LogP contribution in [0.1, 0.15) is 28.4 Å². The maximum absolute atomic E-state index is 12.9. The topological polar surface area (TPSA) is 81.9 Å². The molecule has 8 heteroatoms. The summed E-state index contributed by atoms with van der Waals surface area (Å²) in [6.45, 7) is 0.553. The summed E-state index contributed by atoms with van der Waals surface area (Å²) in [6, 6.07) is 12.6. The molecule has 1 atom stereocenters. The molecule has 126 valence electrons. The summed E-state index contributed by atoms with van der Waals surface area (Å²) >= 11 is 6.09. The highest BCUT2D eigenvalue weighted by Gasteiger charge is 2.24. The van der Waals surface area contributed by atoms with E-state index in [4.69, 9.17) is 16.3 Å². The number of aromatic nitrogens is 4. The minimum Gasteiger partial charge on any atom is -0.493 e. The van der Waals surface area contributed by atoms with E-state index in [1.54, 1.807) is 18.2 Å². The normalized spacial score (nSPS) is 16.0. The number of halogens is 1. The molecule has 0 saturated carbocycles. The molecule has 1 aromatic heterocycles. The third-order valence-electron chi connectivity index (χ3n) is 4.06. The van der Waals surface area contributed by atoms with Gasteiger partial charge in [0.05, 0.1) is 23.9 Å². The van der Waals surface area contributed by atoms with E-state index in [9.17, 15) is 4.79 Å². The Morgan fingerprint density at radius 1 is 1.28 bits per heavy atom. The zero-order chi connectivity index (χ0) is 17.2. The van der Waals surface area contributed by atoms with Gasteiger partial charge in [-0.2, -0.15) is 4.68 Å². The minimum absolute atomic E-state index is 0.127. The molecule has 0 radical (unpaired) electrons. The number of rotatable bonds is 3. The van der Waals surface area contributed by atoms with Crippen LogP contribution in [0.3, 0.4) is 0 Å². The first-order valence-electron chi connectivity index (χ1n) is 7.78. The summed E-state index contributed by atoms with van der Waals surface area (Å²) in [5.41, 5.74) is 1.93. The van der Waals surface area contributed by atoms with Crippen molar-refractivity contribution in [1.82, 2.24) is 25.5 Å². The SMILES string of the molecule is O=C(N[C@H]1CCOc2ccccc21)c1cc(Cl)ccc1-n1cnnn1. The third kappa shape index (κ3) is 3.06. The van der Waals surface area contributed by atoms with Crippen molar-refractivity contribution in [3.8, 4) is 11.4 Å². The molecule has 25 heavy (non-hydrogen) atoms. The van der Waals surface area contributed by atoms with Crippen LogP contribution in [-0.4, -0.2) is 32.7 Å². The number of nitrogens with one attached hydrogen (secondary N) is 1. The number of amides is 1. The van der Waals surface area contributed by atoms with Crippen molar-refractivity contribution in [1.29, 1.82) is 0 Å². The number of benzene rings is 2. The van der Waals surface area contributed by atoms with Gasteiger partial charge in [-0.25, -0.2) is 0 Å². The molecule has 0 aliphatic carbocycles. The fourth-order valence-corrected chi connectivity index (χ4v) is 3.06. The Morgan fingerprint density at radius 2 is 2.16 bits per heavy atom. The lowest BCUT2D eigenvalue weighted by Gasteiger charge is -2.26. The molecule has 3 aromatic rings. The average molecular weight is 356 g/mol. The molecule has 0 saturated heterocycles. The molecule has 2 aromatic carbocycles. The first-order chi connectivity index (χ1) is 12.2. The van der Waals surface area contributed by atoms with Gasteiger partial charge >= 0.3 is 0 Å². The van der Waals surface area contributed by atoms with Crippen LogP contribution in [0.25, 0.3) is 5.69 Å². The first-order valence-corrected chi connectivity index (χ1v) is 8.15. The molecule has 0 unspecified atom stereocenters. The minimum atomic E-state index is -0.241. The van der Waals surface area contributed by atoms with E-state index in [1.165, 1.54) is 11.0 Å². The standard InChI is InChI=1S/C17H14ClN5O2/c18-11-5-6-15(23-10-19-21-22-23)13(9-11)17(24)20-14-7-8-25-16-4-2-1-3-12(14)16/h1-6,9-10,14H,7-8H2,(H,20,24)/t14-/m0/s1. The zero-order valence-corrected chi connectivity index (χ0v) is 13.8. The van der Waals surface area contributed by atoms with E-state index in [2.05, 4.69) is 20.8 Å². The second-order valence-electron chi connectivity index (χ2n) is 5.62. The number of carbonyl (C=O) groups is 1. The summed E-state index contributed by atoms with van der Waals surface area (Å²) in [5, 5.41) is 14.6. The van der Waals surface area contributed by atoms with Crippen molar-refractivity contribution >= 4 is 17.5 Å². The van der Waals surface area contributed by atoms with Crippen LogP contribution >= 0.6 is 11.6 Å². The van der Waals surface area contributed by atoms with E-state index >= 15 is 0 Å². The molecule has 2 heterocycles. The van der Waals surface area contributed by atoms with Gasteiger partial charge in [0.1, 0.15) is 12.1 Å². The maximum Gasteiger partial charge on any atom is 0.254 e. The molecule has 1 aliphatic rings. The monoisotopic (exact) mass is 355 g/mol. The number of para-hydroxylation sites is 1. The highest BCUT2D eigenvalue weighted by atomic mass is 35.5. The molecular weight excluding hydrogens is 342 g/mol. The molecule has 0 spiro atoms. The van der Waals surface area contributed by atoms with Crippen LogP contribution in [0.5, 0.6) is 5.75 Å². The Bertz CT molecular complexity index is 913. The molecule has 1 aliphatic heterocycles. The van der Waals surface area contributed by atoms with Gasteiger partial charge < -0.3 is 10.1 Å². The smallest absolute Gasteiger partial charge is 0.254 e. The van der Waals surface area contributed by atoms with Crippen molar-refractivity contribution in [3.63, 3.8) is 0 Å². The number of fused-ring (bicyclic) bond motifs is 1. The maximum atomic E-state index is 12.9. The summed E-state index contributed by atoms with van der Waals surface area (Å²) in [4.78, 5) is 12.9. The van der Waals surface area contributed by atoms with Crippen molar-refractivity contribution < 1.29 is 9.53 Å². The quantitative estimate of drug-likeness (QED) is 0.780. The summed E-state index contributed by atoms with van der Waals surface area (Å²) < 4.78 is 7.07. The van der Waals surface area contributed by atoms with Gasteiger partial charge in [-0.15, -0.1) is 5.10 Å². The van der Waals surface area contributed by atoms with Gasteiger partial charge in [0.2, 0.25) is 0 Å². The summed E-state index contributed by atoms with van der Waals surface area (Å²) in [7, 11) is 0. The molecular formula is C17H14ClN5O2. The molecule has 0 bridgehead atoms. The van der Waals surface area contributed by atoms with Crippen LogP contribution < -0.4 is 10.1 Å². The summed E-state index contributed by atoms with van der Waals surface area (Å²) in [6.07, 6.45) is 2.13. The van der Waals surface area contributed by atoms with E-state index < -0.39 is 0 Å². The highest BCUT2D eigenvalue weighted by molar-refractivity contribution is 6.31. The molecule has 0 fully saturated rings. The molecule has 7 nitrogen and oxygen atoms in total. The van der Waals surface area contributed by atoms with E-state index in [-0.39, 0.29) is 11.9 Å². The Morgan fingerprint density at radius 3 is 3.00 bits per heavy atom. The third-order valence-corrected chi connectivity index (χ3v) is 4.30. The highest BCUT2D eigenvalue weighted by Crippen LogP contribution is 2.32. The van der Waals surface area contributed by atoms with Crippen LogP contribution in [0.2, 0.25) is 5.02 Å². The Hall–Kier alpha value is -2.93. The van der Waals surface area contributed by atoms with Crippen molar-refractivity contribution in [2.75, 3.05) is 6.61 Å². The second kappa shape index (κ2) is 6.52. The fraction of sp³-hybridized carbons (Fsp3) is 0.176. The Labute approximate surface area is 148 Å². The number of tetrazole rings is 1. The van der Waals surface area contributed by atoms with Gasteiger partial charge in [0.25, 0.3) is 5.91 Å². The number of ether oxygens (including phenoxy) is 1. The summed E-state index contributed by atoms with van der Waals surface area (Å²) in [5.74, 6) is 0.556. The molecule has 1 amide bonds. The largest absolute Gasteiger partial charge is 0.493 e. The molecule has 4 rings (SSSR count). The van der Waals surface area contributed by atoms with E-state index in [1.807, 2.05) is 24.3 Å². The average Bonchev–Trinajstić information content (AvgIpc) is 3.16. The first kappa shape index (κ1) is 15.6. The zero-order valence-electron chi connectivity index (χ0n) is 13.1. The van der Waals surface area contributed by atoms with E-state index in [0.717, 1.165) is 11.3 Å². The predicted molar refractivity (Wildman–Crippen MR) is 90.9 cm³/mol. The number of hydrogen-bond acceptors (Lipinski definition) is 5. The van der Waals surface area contributed by atoms with Gasteiger partial charge in [-0.3, -0.25) is 4.79 Å². The van der Waals surface area contributed by atoms with Crippen LogP contribution in [0.15, 0.2) is 48.8 Å². The second-order valence-corrected chi connectivity index (χ2v) is 6.05. The van der Waals surface area contributed by atoms with Crippen molar-refractivity contribution in [3.05, 3.63) is 64.9 Å². The Balaban J connectivity index is 1.66.